The summed E-state index contributed by atoms with van der Waals surface area (Å²) in [5.74, 6) is -0.120. The Hall–Kier alpha value is -1.01. The summed E-state index contributed by atoms with van der Waals surface area (Å²) >= 11 is 1.63. The Kier molecular flexibility index (Phi) is 4.54. The number of hydrogen-bond donors (Lipinski definition) is 1. The van der Waals surface area contributed by atoms with Crippen LogP contribution in [0, 0.1) is 5.82 Å². The summed E-state index contributed by atoms with van der Waals surface area (Å²) in [5, 5.41) is 0.778. The Labute approximate surface area is 129 Å². The lowest BCUT2D eigenvalue weighted by Crippen LogP contribution is -2.28. The first-order valence-electron chi connectivity index (χ1n) is 7.48. The molecule has 114 valence electrons. The van der Waals surface area contributed by atoms with E-state index in [-0.39, 0.29) is 5.82 Å². The fraction of sp³-hybridized carbons (Fsp3) is 0.500. The minimum absolute atomic E-state index is 0.120. The molecule has 0 atom stereocenters. The van der Waals surface area contributed by atoms with Crippen molar-refractivity contribution in [1.29, 1.82) is 0 Å². The average molecular weight is 307 g/mol. The van der Waals surface area contributed by atoms with Crippen LogP contribution in [0.15, 0.2) is 18.2 Å². The van der Waals surface area contributed by atoms with Gasteiger partial charge in [0.25, 0.3) is 0 Å². The number of likely N-dealkylation sites (N-methyl/N-ethyl adjacent to an activating group) is 1. The van der Waals surface area contributed by atoms with Crippen LogP contribution in [0.2, 0.25) is 0 Å². The molecule has 21 heavy (non-hydrogen) atoms. The van der Waals surface area contributed by atoms with Crippen LogP contribution in [0.4, 0.5) is 4.39 Å². The maximum absolute atomic E-state index is 14.2. The molecule has 0 spiro atoms. The smallest absolute Gasteiger partial charge is 0.132 e. The molecule has 1 aliphatic rings. The summed E-state index contributed by atoms with van der Waals surface area (Å²) in [6.07, 6.45) is 1.17. The predicted molar refractivity (Wildman–Crippen MR) is 87.1 cm³/mol. The second-order valence-electron chi connectivity index (χ2n) is 5.75. The molecule has 2 N–H and O–H groups in total. The number of fused-ring (bicyclic) bond motifs is 1. The van der Waals surface area contributed by atoms with Gasteiger partial charge < -0.3 is 10.6 Å². The fourth-order valence-electron chi connectivity index (χ4n) is 3.03. The highest BCUT2D eigenvalue weighted by molar-refractivity contribution is 7.19. The lowest BCUT2D eigenvalue weighted by molar-refractivity contribution is 0.269. The standard InChI is InChI=1S/C16H22FN3S/c1-19-6-3-7-20(9-8-19)11-12-15(10-18)21-14-5-2-4-13(17)16(12)14/h2,4-5H,3,6-11,18H2,1H3. The fourth-order valence-corrected chi connectivity index (χ4v) is 4.14. The summed E-state index contributed by atoms with van der Waals surface area (Å²) in [5.41, 5.74) is 6.98. The van der Waals surface area contributed by atoms with Gasteiger partial charge in [-0.25, -0.2) is 4.39 Å². The first-order chi connectivity index (χ1) is 10.2. The molecule has 3 rings (SSSR count). The zero-order valence-electron chi connectivity index (χ0n) is 12.4. The van der Waals surface area contributed by atoms with Gasteiger partial charge in [0.2, 0.25) is 0 Å². The van der Waals surface area contributed by atoms with Gasteiger partial charge in [0.15, 0.2) is 0 Å². The van der Waals surface area contributed by atoms with Crippen molar-refractivity contribution in [3.63, 3.8) is 0 Å². The maximum atomic E-state index is 14.2. The molecular formula is C16H22FN3S. The van der Waals surface area contributed by atoms with E-state index in [0.29, 0.717) is 6.54 Å². The highest BCUT2D eigenvalue weighted by Crippen LogP contribution is 2.34. The number of nitrogens with two attached hydrogens (primary N) is 1. The topological polar surface area (TPSA) is 32.5 Å². The third-order valence-corrected chi connectivity index (χ3v) is 5.45. The molecule has 1 aromatic heterocycles. The Bertz CT molecular complexity index is 625. The Morgan fingerprint density at radius 2 is 2.10 bits per heavy atom. The van der Waals surface area contributed by atoms with Gasteiger partial charge in [-0.3, -0.25) is 4.90 Å². The molecule has 5 heteroatoms. The van der Waals surface area contributed by atoms with Gasteiger partial charge in [-0.15, -0.1) is 11.3 Å². The zero-order chi connectivity index (χ0) is 14.8. The SMILES string of the molecule is CN1CCCN(Cc2c(CN)sc3cccc(F)c23)CC1. The van der Waals surface area contributed by atoms with E-state index in [9.17, 15) is 4.39 Å². The molecule has 1 fully saturated rings. The number of rotatable bonds is 3. The van der Waals surface area contributed by atoms with Gasteiger partial charge in [0, 0.05) is 41.1 Å². The molecule has 2 aromatic rings. The lowest BCUT2D eigenvalue weighted by Gasteiger charge is -2.20. The summed E-state index contributed by atoms with van der Waals surface area (Å²) < 4.78 is 15.2. The summed E-state index contributed by atoms with van der Waals surface area (Å²) in [6.45, 7) is 5.61. The van der Waals surface area contributed by atoms with Crippen molar-refractivity contribution >= 4 is 21.4 Å². The molecule has 1 aliphatic heterocycles. The second-order valence-corrected chi connectivity index (χ2v) is 6.89. The van der Waals surface area contributed by atoms with E-state index in [2.05, 4.69) is 16.8 Å². The van der Waals surface area contributed by atoms with Crippen LogP contribution in [0.3, 0.4) is 0 Å². The predicted octanol–water partition coefficient (Wildman–Crippen LogP) is 2.64. The van der Waals surface area contributed by atoms with Crippen molar-refractivity contribution in [1.82, 2.24) is 9.80 Å². The maximum Gasteiger partial charge on any atom is 0.132 e. The Morgan fingerprint density at radius 1 is 1.24 bits per heavy atom. The molecule has 1 saturated heterocycles. The van der Waals surface area contributed by atoms with Crippen molar-refractivity contribution in [2.75, 3.05) is 33.2 Å². The molecule has 0 amide bonds. The Balaban J connectivity index is 1.92. The molecule has 3 nitrogen and oxygen atoms in total. The largest absolute Gasteiger partial charge is 0.326 e. The summed E-state index contributed by atoms with van der Waals surface area (Å²) in [6, 6.07) is 5.32. The molecule has 0 saturated carbocycles. The van der Waals surface area contributed by atoms with E-state index in [0.717, 1.165) is 53.3 Å². The van der Waals surface area contributed by atoms with E-state index < -0.39 is 0 Å². The van der Waals surface area contributed by atoms with E-state index >= 15 is 0 Å². The van der Waals surface area contributed by atoms with Crippen LogP contribution in [-0.2, 0) is 13.1 Å². The minimum atomic E-state index is -0.120. The summed E-state index contributed by atoms with van der Waals surface area (Å²) in [4.78, 5) is 5.90. The number of nitrogens with zero attached hydrogens (tertiary/aromatic N) is 2. The van der Waals surface area contributed by atoms with Crippen molar-refractivity contribution in [3.8, 4) is 0 Å². The van der Waals surface area contributed by atoms with Crippen molar-refractivity contribution in [2.24, 2.45) is 5.73 Å². The quantitative estimate of drug-likeness (QED) is 0.946. The molecule has 2 heterocycles. The number of halogens is 1. The molecular weight excluding hydrogens is 285 g/mol. The van der Waals surface area contributed by atoms with E-state index in [4.69, 9.17) is 5.73 Å². The molecule has 0 aliphatic carbocycles. The first-order valence-corrected chi connectivity index (χ1v) is 8.30. The van der Waals surface area contributed by atoms with Crippen molar-refractivity contribution < 1.29 is 4.39 Å². The first kappa shape index (κ1) is 14.9. The third-order valence-electron chi connectivity index (χ3n) is 4.23. The van der Waals surface area contributed by atoms with Gasteiger partial charge in [-0.2, -0.15) is 0 Å². The third kappa shape index (κ3) is 3.11. The summed E-state index contributed by atoms with van der Waals surface area (Å²) in [7, 11) is 2.16. The van der Waals surface area contributed by atoms with Gasteiger partial charge in [-0.05, 0) is 44.3 Å². The molecule has 1 aromatic carbocycles. The number of thiophene rings is 1. The second kappa shape index (κ2) is 6.40. The normalized spacial score (nSPS) is 18.2. The molecule has 0 unspecified atom stereocenters. The lowest BCUT2D eigenvalue weighted by atomic mass is 10.1. The monoisotopic (exact) mass is 307 g/mol. The Morgan fingerprint density at radius 3 is 2.90 bits per heavy atom. The molecule has 0 bridgehead atoms. The van der Waals surface area contributed by atoms with Crippen LogP contribution in [0.5, 0.6) is 0 Å². The highest BCUT2D eigenvalue weighted by Gasteiger charge is 2.19. The van der Waals surface area contributed by atoms with Crippen molar-refractivity contribution in [2.45, 2.75) is 19.5 Å². The van der Waals surface area contributed by atoms with E-state index in [1.807, 2.05) is 6.07 Å². The minimum Gasteiger partial charge on any atom is -0.326 e. The highest BCUT2D eigenvalue weighted by atomic mass is 32.1. The van der Waals surface area contributed by atoms with E-state index in [1.54, 1.807) is 23.5 Å². The molecule has 0 radical (unpaired) electrons. The van der Waals surface area contributed by atoms with Crippen molar-refractivity contribution in [3.05, 3.63) is 34.5 Å². The average Bonchev–Trinajstić information content (AvgIpc) is 2.70. The van der Waals surface area contributed by atoms with Gasteiger partial charge in [0.1, 0.15) is 5.82 Å². The van der Waals surface area contributed by atoms with Crippen LogP contribution in [0.25, 0.3) is 10.1 Å². The van der Waals surface area contributed by atoms with Gasteiger partial charge in [0.05, 0.1) is 0 Å². The van der Waals surface area contributed by atoms with Gasteiger partial charge >= 0.3 is 0 Å². The van der Waals surface area contributed by atoms with Crippen LogP contribution in [0.1, 0.15) is 16.9 Å². The van der Waals surface area contributed by atoms with E-state index in [1.165, 1.54) is 6.42 Å². The number of benzene rings is 1. The van der Waals surface area contributed by atoms with Crippen LogP contribution < -0.4 is 5.73 Å². The van der Waals surface area contributed by atoms with Crippen LogP contribution in [-0.4, -0.2) is 43.0 Å². The van der Waals surface area contributed by atoms with Crippen LogP contribution >= 0.6 is 11.3 Å². The zero-order valence-corrected chi connectivity index (χ0v) is 13.3. The number of hydrogen-bond acceptors (Lipinski definition) is 4. The van der Waals surface area contributed by atoms with Gasteiger partial charge in [-0.1, -0.05) is 6.07 Å².